The molecule has 0 aromatic heterocycles. The number of amides is 3. The van der Waals surface area contributed by atoms with Crippen LogP contribution in [0.3, 0.4) is 0 Å². The van der Waals surface area contributed by atoms with Gasteiger partial charge in [0.2, 0.25) is 5.91 Å². The molecule has 2 N–H and O–H groups in total. The van der Waals surface area contributed by atoms with Crippen LogP contribution in [0.2, 0.25) is 0 Å². The Bertz CT molecular complexity index is 883. The monoisotopic (exact) mass is 395 g/mol. The zero-order chi connectivity index (χ0) is 20.6. The highest BCUT2D eigenvalue weighted by Crippen LogP contribution is 2.30. The second kappa shape index (κ2) is 9.73. The minimum atomic E-state index is -0.529. The lowest BCUT2D eigenvalue weighted by molar-refractivity contribution is -0.145. The molecule has 0 saturated carbocycles. The number of urea groups is 1. The highest BCUT2D eigenvalue weighted by atomic mass is 16.5. The van der Waals surface area contributed by atoms with Gasteiger partial charge in [-0.15, -0.1) is 0 Å². The topological polar surface area (TPSA) is 87.7 Å². The van der Waals surface area contributed by atoms with Gasteiger partial charge in [-0.2, -0.15) is 0 Å². The highest BCUT2D eigenvalue weighted by Gasteiger charge is 2.25. The molecular formula is C22H25N3O4. The van der Waals surface area contributed by atoms with E-state index < -0.39 is 5.97 Å². The summed E-state index contributed by atoms with van der Waals surface area (Å²) in [5.41, 5.74) is 3.34. The third-order valence-corrected chi connectivity index (χ3v) is 4.66. The Morgan fingerprint density at radius 1 is 1.10 bits per heavy atom. The predicted molar refractivity (Wildman–Crippen MR) is 111 cm³/mol. The molecule has 152 valence electrons. The molecule has 0 aliphatic carbocycles. The third kappa shape index (κ3) is 5.57. The van der Waals surface area contributed by atoms with Crippen molar-refractivity contribution in [2.24, 2.45) is 0 Å². The van der Waals surface area contributed by atoms with Gasteiger partial charge in [0.25, 0.3) is 0 Å². The largest absolute Gasteiger partial charge is 0.466 e. The molecule has 0 bridgehead atoms. The standard InChI is InChI=1S/C22H25N3O4/c1-2-29-21(27)14-20(26)25-12-6-9-17-10-11-18(13-19(17)25)24-22(28)23-15-16-7-4-3-5-8-16/h3-5,7-8,10-11,13H,2,6,9,12,14-15H2,1H3,(H2,23,24,28). The molecule has 1 aliphatic heterocycles. The number of esters is 1. The van der Waals surface area contributed by atoms with Gasteiger partial charge in [0.05, 0.1) is 6.61 Å². The van der Waals surface area contributed by atoms with Crippen LogP contribution < -0.4 is 15.5 Å². The van der Waals surface area contributed by atoms with Gasteiger partial charge in [0.15, 0.2) is 0 Å². The Labute approximate surface area is 170 Å². The van der Waals surface area contributed by atoms with Crippen LogP contribution in [-0.2, 0) is 27.3 Å². The second-order valence-corrected chi connectivity index (χ2v) is 6.77. The molecule has 7 heteroatoms. The van der Waals surface area contributed by atoms with E-state index in [0.29, 0.717) is 18.8 Å². The number of carbonyl (C=O) groups is 3. The number of aryl methyl sites for hydroxylation is 1. The maximum atomic E-state index is 12.6. The summed E-state index contributed by atoms with van der Waals surface area (Å²) in [4.78, 5) is 38.1. The summed E-state index contributed by atoms with van der Waals surface area (Å²) in [5.74, 6) is -0.825. The Balaban J connectivity index is 1.65. The van der Waals surface area contributed by atoms with E-state index >= 15 is 0 Å². The van der Waals surface area contributed by atoms with Crippen molar-refractivity contribution in [3.63, 3.8) is 0 Å². The molecule has 7 nitrogen and oxygen atoms in total. The van der Waals surface area contributed by atoms with Crippen LogP contribution in [0.4, 0.5) is 16.2 Å². The zero-order valence-corrected chi connectivity index (χ0v) is 16.4. The van der Waals surface area contributed by atoms with Gasteiger partial charge in [-0.1, -0.05) is 36.4 Å². The fourth-order valence-corrected chi connectivity index (χ4v) is 3.30. The number of hydrogen-bond acceptors (Lipinski definition) is 4. The predicted octanol–water partition coefficient (Wildman–Crippen LogP) is 3.24. The van der Waals surface area contributed by atoms with Crippen LogP contribution in [0, 0.1) is 0 Å². The molecule has 3 amide bonds. The molecule has 3 rings (SSSR count). The van der Waals surface area contributed by atoms with Crippen molar-refractivity contribution in [3.05, 3.63) is 59.7 Å². The molecule has 0 fully saturated rings. The summed E-state index contributed by atoms with van der Waals surface area (Å²) in [6.45, 7) is 2.91. The molecule has 0 saturated heterocycles. The van der Waals surface area contributed by atoms with E-state index in [1.165, 1.54) is 0 Å². The molecular weight excluding hydrogens is 370 g/mol. The average Bonchev–Trinajstić information content (AvgIpc) is 2.72. The van der Waals surface area contributed by atoms with Crippen LogP contribution in [-0.4, -0.2) is 31.1 Å². The van der Waals surface area contributed by atoms with Crippen molar-refractivity contribution in [3.8, 4) is 0 Å². The number of nitrogens with one attached hydrogen (secondary N) is 2. The summed E-state index contributed by atoms with van der Waals surface area (Å²) < 4.78 is 4.88. The van der Waals surface area contributed by atoms with Crippen LogP contribution in [0.15, 0.2) is 48.5 Å². The Morgan fingerprint density at radius 3 is 2.66 bits per heavy atom. The zero-order valence-electron chi connectivity index (χ0n) is 16.4. The number of rotatable bonds is 6. The normalized spacial score (nSPS) is 12.7. The maximum Gasteiger partial charge on any atom is 0.319 e. The summed E-state index contributed by atoms with van der Waals surface area (Å²) in [7, 11) is 0. The van der Waals surface area contributed by atoms with Gasteiger partial charge in [0, 0.05) is 24.5 Å². The fourth-order valence-electron chi connectivity index (χ4n) is 3.30. The quantitative estimate of drug-likeness (QED) is 0.581. The highest BCUT2D eigenvalue weighted by molar-refractivity contribution is 6.04. The molecule has 0 atom stereocenters. The first kappa shape index (κ1) is 20.4. The van der Waals surface area contributed by atoms with E-state index in [-0.39, 0.29) is 25.0 Å². The van der Waals surface area contributed by atoms with Gasteiger partial charge in [-0.25, -0.2) is 4.79 Å². The first-order chi connectivity index (χ1) is 14.1. The number of anilines is 2. The SMILES string of the molecule is CCOC(=O)CC(=O)N1CCCc2ccc(NC(=O)NCc3ccccc3)cc21. The van der Waals surface area contributed by atoms with E-state index in [0.717, 1.165) is 29.7 Å². The lowest BCUT2D eigenvalue weighted by Crippen LogP contribution is -2.37. The molecule has 2 aromatic carbocycles. The Hall–Kier alpha value is -3.35. The molecule has 1 aliphatic rings. The smallest absolute Gasteiger partial charge is 0.319 e. The lowest BCUT2D eigenvalue weighted by atomic mass is 10.0. The number of ether oxygens (including phenoxy) is 1. The van der Waals surface area contributed by atoms with Gasteiger partial charge < -0.3 is 20.3 Å². The molecule has 2 aromatic rings. The van der Waals surface area contributed by atoms with E-state index in [9.17, 15) is 14.4 Å². The minimum Gasteiger partial charge on any atom is -0.466 e. The molecule has 0 radical (unpaired) electrons. The summed E-state index contributed by atoms with van der Waals surface area (Å²) in [6.07, 6.45) is 1.38. The maximum absolute atomic E-state index is 12.6. The van der Waals surface area contributed by atoms with Crippen molar-refractivity contribution in [2.45, 2.75) is 32.7 Å². The summed E-state index contributed by atoms with van der Waals surface area (Å²) >= 11 is 0. The lowest BCUT2D eigenvalue weighted by Gasteiger charge is -2.30. The van der Waals surface area contributed by atoms with Gasteiger partial charge >= 0.3 is 12.0 Å². The Kier molecular flexibility index (Phi) is 6.84. The van der Waals surface area contributed by atoms with E-state index in [4.69, 9.17) is 4.74 Å². The summed E-state index contributed by atoms with van der Waals surface area (Å²) in [5, 5.41) is 5.61. The summed E-state index contributed by atoms with van der Waals surface area (Å²) in [6, 6.07) is 14.8. The molecule has 0 spiro atoms. The second-order valence-electron chi connectivity index (χ2n) is 6.77. The number of hydrogen-bond donors (Lipinski definition) is 2. The van der Waals surface area contributed by atoms with Crippen molar-refractivity contribution in [1.82, 2.24) is 5.32 Å². The molecule has 1 heterocycles. The molecule has 29 heavy (non-hydrogen) atoms. The molecule has 0 unspecified atom stereocenters. The van der Waals surface area contributed by atoms with Crippen LogP contribution in [0.1, 0.15) is 30.9 Å². The van der Waals surface area contributed by atoms with E-state index in [1.807, 2.05) is 42.5 Å². The fraction of sp³-hybridized carbons (Fsp3) is 0.318. The van der Waals surface area contributed by atoms with Crippen molar-refractivity contribution >= 4 is 29.3 Å². The van der Waals surface area contributed by atoms with Crippen molar-refractivity contribution < 1.29 is 19.1 Å². The number of benzene rings is 2. The van der Waals surface area contributed by atoms with Crippen LogP contribution in [0.25, 0.3) is 0 Å². The van der Waals surface area contributed by atoms with Gasteiger partial charge in [-0.05, 0) is 43.0 Å². The number of fused-ring (bicyclic) bond motifs is 1. The minimum absolute atomic E-state index is 0.245. The number of carbonyl (C=O) groups excluding carboxylic acids is 3. The van der Waals surface area contributed by atoms with Gasteiger partial charge in [0.1, 0.15) is 6.42 Å². The van der Waals surface area contributed by atoms with Crippen molar-refractivity contribution in [2.75, 3.05) is 23.4 Å². The average molecular weight is 395 g/mol. The van der Waals surface area contributed by atoms with Crippen molar-refractivity contribution in [1.29, 1.82) is 0 Å². The van der Waals surface area contributed by atoms with E-state index in [2.05, 4.69) is 10.6 Å². The van der Waals surface area contributed by atoms with E-state index in [1.54, 1.807) is 17.9 Å². The third-order valence-electron chi connectivity index (χ3n) is 4.66. The van der Waals surface area contributed by atoms with Crippen LogP contribution >= 0.6 is 0 Å². The Morgan fingerprint density at radius 2 is 1.90 bits per heavy atom. The first-order valence-corrected chi connectivity index (χ1v) is 9.74. The first-order valence-electron chi connectivity index (χ1n) is 9.74. The van der Waals surface area contributed by atoms with Gasteiger partial charge in [-0.3, -0.25) is 9.59 Å². The van der Waals surface area contributed by atoms with Crippen LogP contribution in [0.5, 0.6) is 0 Å². The number of nitrogens with zero attached hydrogens (tertiary/aromatic N) is 1.